The minimum Gasteiger partial charge on any atom is -0.469 e. The van der Waals surface area contributed by atoms with Crippen molar-refractivity contribution in [3.05, 3.63) is 0 Å². The highest BCUT2D eigenvalue weighted by Gasteiger charge is 2.03. The minimum absolute atomic E-state index is 0.147. The van der Waals surface area contributed by atoms with Crippen LogP contribution in [-0.2, 0) is 71.2 Å². The monoisotopic (exact) mass is 728 g/mol. The molecule has 0 unspecified atom stereocenters. The highest BCUT2D eigenvalue weighted by atomic mass is 16.6. The third kappa shape index (κ3) is 42.7. The molecule has 0 rings (SSSR count). The molecule has 0 saturated carbocycles. The fourth-order valence-electron chi connectivity index (χ4n) is 3.90. The van der Waals surface area contributed by atoms with Gasteiger partial charge in [-0.3, -0.25) is 9.59 Å². The van der Waals surface area contributed by atoms with Crippen LogP contribution in [0.1, 0.15) is 58.3 Å². The van der Waals surface area contributed by atoms with Crippen molar-refractivity contribution in [3.8, 4) is 0 Å². The Labute approximate surface area is 300 Å². The summed E-state index contributed by atoms with van der Waals surface area (Å²) in [6.45, 7) is 12.7. The topological polar surface area (TPSA) is 154 Å². The van der Waals surface area contributed by atoms with Gasteiger partial charge < -0.3 is 61.6 Å². The van der Waals surface area contributed by atoms with Crippen molar-refractivity contribution in [2.24, 2.45) is 0 Å². The third-order valence-corrected chi connectivity index (χ3v) is 6.62. The molecule has 0 amide bonds. The molecule has 0 aliphatic rings. The first-order valence-electron chi connectivity index (χ1n) is 18.3. The lowest BCUT2D eigenvalue weighted by Crippen LogP contribution is -2.15. The maximum Gasteiger partial charge on any atom is 0.307 e. The maximum atomic E-state index is 11.7. The molecule has 0 spiro atoms. The number of unbranched alkanes of at least 4 members (excludes halogenated alkanes) is 5. The standard InChI is InChI=1S/C35H68O15/c1-3-4-5-6-7-8-9-35(37)50-33-32-49-31-30-48-29-28-47-27-26-46-25-24-45-23-22-44-21-20-43-19-18-42-17-16-41-15-14-40-13-12-39-11-10-34(36)38-2/h3-33H2,1-2H3. The molecule has 0 aromatic rings. The average molecular weight is 729 g/mol. The molecular formula is C35H68O15. The summed E-state index contributed by atoms with van der Waals surface area (Å²) >= 11 is 0. The highest BCUT2D eigenvalue weighted by molar-refractivity contribution is 5.69. The number of rotatable bonds is 43. The highest BCUT2D eigenvalue weighted by Crippen LogP contribution is 2.07. The molecule has 0 atom stereocenters. The van der Waals surface area contributed by atoms with Gasteiger partial charge >= 0.3 is 11.9 Å². The number of esters is 2. The Hall–Kier alpha value is -1.50. The van der Waals surface area contributed by atoms with E-state index in [1.807, 2.05) is 0 Å². The first-order chi connectivity index (χ1) is 24.7. The molecule has 0 N–H and O–H groups in total. The van der Waals surface area contributed by atoms with Gasteiger partial charge in [0.25, 0.3) is 0 Å². The van der Waals surface area contributed by atoms with Gasteiger partial charge in [0.1, 0.15) is 6.61 Å². The fraction of sp³-hybridized carbons (Fsp3) is 0.943. The van der Waals surface area contributed by atoms with Crippen molar-refractivity contribution < 1.29 is 71.2 Å². The first kappa shape index (κ1) is 48.5. The average Bonchev–Trinajstić information content (AvgIpc) is 3.12. The smallest absolute Gasteiger partial charge is 0.307 e. The molecule has 0 fully saturated rings. The van der Waals surface area contributed by atoms with E-state index < -0.39 is 0 Å². The summed E-state index contributed by atoms with van der Waals surface area (Å²) in [5, 5.41) is 0. The van der Waals surface area contributed by atoms with Crippen molar-refractivity contribution in [1.29, 1.82) is 0 Å². The van der Waals surface area contributed by atoms with Gasteiger partial charge in [0.05, 0.1) is 159 Å². The predicted octanol–water partition coefficient (Wildman–Crippen LogP) is 3.03. The summed E-state index contributed by atoms with van der Waals surface area (Å²) in [4.78, 5) is 22.6. The van der Waals surface area contributed by atoms with Crippen molar-refractivity contribution in [1.82, 2.24) is 0 Å². The predicted molar refractivity (Wildman–Crippen MR) is 185 cm³/mol. The van der Waals surface area contributed by atoms with E-state index in [2.05, 4.69) is 11.7 Å². The second-order valence-electron chi connectivity index (χ2n) is 10.8. The van der Waals surface area contributed by atoms with Crippen molar-refractivity contribution >= 4 is 11.9 Å². The number of methoxy groups -OCH3 is 1. The lowest BCUT2D eigenvalue weighted by molar-refractivity contribution is -0.145. The lowest BCUT2D eigenvalue weighted by atomic mass is 10.1. The number of hydrogen-bond donors (Lipinski definition) is 0. The Morgan fingerprint density at radius 3 is 0.920 bits per heavy atom. The van der Waals surface area contributed by atoms with Gasteiger partial charge in [0, 0.05) is 6.42 Å². The Morgan fingerprint density at radius 1 is 0.320 bits per heavy atom. The van der Waals surface area contributed by atoms with Gasteiger partial charge in [0.15, 0.2) is 0 Å². The Bertz CT molecular complexity index is 686. The zero-order chi connectivity index (χ0) is 36.3. The quantitative estimate of drug-likeness (QED) is 0.0667. The Morgan fingerprint density at radius 2 is 0.600 bits per heavy atom. The van der Waals surface area contributed by atoms with Crippen LogP contribution in [0, 0.1) is 0 Å². The van der Waals surface area contributed by atoms with Crippen LogP contribution < -0.4 is 0 Å². The molecule has 0 saturated heterocycles. The van der Waals surface area contributed by atoms with Gasteiger partial charge in [-0.1, -0.05) is 39.0 Å². The molecule has 0 aromatic carbocycles. The van der Waals surface area contributed by atoms with Crippen LogP contribution in [0.5, 0.6) is 0 Å². The van der Waals surface area contributed by atoms with Crippen molar-refractivity contribution in [3.63, 3.8) is 0 Å². The molecule has 0 aromatic heterocycles. The molecular weight excluding hydrogens is 660 g/mol. The van der Waals surface area contributed by atoms with Crippen molar-refractivity contribution in [2.75, 3.05) is 159 Å². The second kappa shape index (κ2) is 43.7. The summed E-state index contributed by atoms with van der Waals surface area (Å²) in [7, 11) is 1.35. The van der Waals surface area contributed by atoms with Crippen LogP contribution in [0.4, 0.5) is 0 Å². The number of carbonyl (C=O) groups is 2. The van der Waals surface area contributed by atoms with Crippen LogP contribution in [0.15, 0.2) is 0 Å². The van der Waals surface area contributed by atoms with Crippen LogP contribution in [0.25, 0.3) is 0 Å². The van der Waals surface area contributed by atoms with Gasteiger partial charge in [-0.2, -0.15) is 0 Å². The zero-order valence-corrected chi connectivity index (χ0v) is 31.0. The molecule has 0 aliphatic heterocycles. The SMILES string of the molecule is CCCCCCCCC(=O)OCCOCCOCCOCCOCCOCCOCCOCCOCCOCCOCCOCCC(=O)OC. The van der Waals surface area contributed by atoms with Crippen LogP contribution in [-0.4, -0.2) is 171 Å². The number of ether oxygens (including phenoxy) is 13. The molecule has 15 heteroatoms. The summed E-state index contributed by atoms with van der Waals surface area (Å²) in [6.07, 6.45) is 7.64. The summed E-state index contributed by atoms with van der Waals surface area (Å²) < 4.78 is 69.5. The molecule has 50 heavy (non-hydrogen) atoms. The largest absolute Gasteiger partial charge is 0.469 e. The van der Waals surface area contributed by atoms with E-state index >= 15 is 0 Å². The second-order valence-corrected chi connectivity index (χ2v) is 10.8. The summed E-state index contributed by atoms with van der Waals surface area (Å²) in [6, 6.07) is 0. The Balaban J connectivity index is 3.10. The van der Waals surface area contributed by atoms with Crippen LogP contribution in [0.3, 0.4) is 0 Å². The minimum atomic E-state index is -0.288. The van der Waals surface area contributed by atoms with E-state index in [1.165, 1.54) is 32.8 Å². The van der Waals surface area contributed by atoms with E-state index in [9.17, 15) is 9.59 Å². The third-order valence-electron chi connectivity index (χ3n) is 6.62. The molecule has 0 bridgehead atoms. The molecule has 0 radical (unpaired) electrons. The van der Waals surface area contributed by atoms with Gasteiger partial charge in [-0.05, 0) is 6.42 Å². The lowest BCUT2D eigenvalue weighted by Gasteiger charge is -2.09. The van der Waals surface area contributed by atoms with Crippen LogP contribution >= 0.6 is 0 Å². The van der Waals surface area contributed by atoms with Crippen LogP contribution in [0.2, 0.25) is 0 Å². The summed E-state index contributed by atoms with van der Waals surface area (Å²) in [5.74, 6) is -0.436. The number of hydrogen-bond acceptors (Lipinski definition) is 15. The Kier molecular flexibility index (Phi) is 42.4. The molecule has 15 nitrogen and oxygen atoms in total. The zero-order valence-electron chi connectivity index (χ0n) is 31.0. The number of carbonyl (C=O) groups excluding carboxylic acids is 2. The molecule has 298 valence electrons. The van der Waals surface area contributed by atoms with E-state index in [0.717, 1.165) is 12.8 Å². The van der Waals surface area contributed by atoms with E-state index in [1.54, 1.807) is 0 Å². The molecule has 0 aliphatic carbocycles. The van der Waals surface area contributed by atoms with Gasteiger partial charge in [-0.25, -0.2) is 0 Å². The van der Waals surface area contributed by atoms with Gasteiger partial charge in [-0.15, -0.1) is 0 Å². The molecule has 0 heterocycles. The summed E-state index contributed by atoms with van der Waals surface area (Å²) in [5.41, 5.74) is 0. The fourth-order valence-corrected chi connectivity index (χ4v) is 3.90. The van der Waals surface area contributed by atoms with E-state index in [4.69, 9.17) is 56.8 Å². The first-order valence-corrected chi connectivity index (χ1v) is 18.3. The normalized spacial score (nSPS) is 11.3. The van der Waals surface area contributed by atoms with E-state index in [-0.39, 0.29) is 25.0 Å². The maximum absolute atomic E-state index is 11.7. The van der Waals surface area contributed by atoms with Gasteiger partial charge in [0.2, 0.25) is 0 Å². The van der Waals surface area contributed by atoms with E-state index in [0.29, 0.717) is 152 Å². The van der Waals surface area contributed by atoms with Crippen molar-refractivity contribution in [2.45, 2.75) is 58.3 Å².